The monoisotopic (exact) mass is 288 g/mol. The molecule has 114 valence electrons. The van der Waals surface area contributed by atoms with E-state index in [1.54, 1.807) is 0 Å². The molecule has 3 N–H and O–H groups in total. The molecule has 0 bridgehead atoms. The van der Waals surface area contributed by atoms with Crippen LogP contribution >= 0.6 is 0 Å². The first-order valence-electron chi connectivity index (χ1n) is 7.91. The van der Waals surface area contributed by atoms with Crippen LogP contribution in [-0.2, 0) is 4.79 Å². The second kappa shape index (κ2) is 5.68. The topological polar surface area (TPSA) is 61.4 Å². The minimum atomic E-state index is -0.127. The molecule has 0 spiro atoms. The lowest BCUT2D eigenvalue weighted by Gasteiger charge is -2.24. The van der Waals surface area contributed by atoms with Crippen LogP contribution < -0.4 is 10.6 Å². The van der Waals surface area contributed by atoms with Gasteiger partial charge in [0.25, 0.3) is 0 Å². The number of anilines is 1. The zero-order valence-corrected chi connectivity index (χ0v) is 12.8. The molecule has 21 heavy (non-hydrogen) atoms. The maximum Gasteiger partial charge on any atom is 0.241 e. The molecule has 1 heterocycles. The van der Waals surface area contributed by atoms with Gasteiger partial charge >= 0.3 is 0 Å². The summed E-state index contributed by atoms with van der Waals surface area (Å²) >= 11 is 0. The molecule has 1 aromatic rings. The van der Waals surface area contributed by atoms with Crippen LogP contribution in [0.2, 0.25) is 0 Å². The minimum absolute atomic E-state index is 0.0234. The normalized spacial score (nSPS) is 28.2. The summed E-state index contributed by atoms with van der Waals surface area (Å²) in [6.45, 7) is 3.81. The highest BCUT2D eigenvalue weighted by atomic mass is 16.3. The first-order valence-corrected chi connectivity index (χ1v) is 7.91. The van der Waals surface area contributed by atoms with E-state index in [0.717, 1.165) is 17.5 Å². The number of amides is 1. The summed E-state index contributed by atoms with van der Waals surface area (Å²) < 4.78 is 0. The third kappa shape index (κ3) is 2.91. The van der Waals surface area contributed by atoms with Crippen molar-refractivity contribution in [3.05, 3.63) is 23.3 Å². The molecule has 1 saturated heterocycles. The summed E-state index contributed by atoms with van der Waals surface area (Å²) in [4.78, 5) is 12.4. The fraction of sp³-hybridized carbons (Fsp3) is 0.588. The quantitative estimate of drug-likeness (QED) is 0.733. The Labute approximate surface area is 125 Å². The third-order valence-corrected chi connectivity index (χ3v) is 4.88. The van der Waals surface area contributed by atoms with Crippen LogP contribution in [0.15, 0.2) is 12.1 Å². The van der Waals surface area contributed by atoms with Crippen LogP contribution in [0.5, 0.6) is 5.75 Å². The van der Waals surface area contributed by atoms with Crippen molar-refractivity contribution in [2.45, 2.75) is 58.0 Å². The number of benzene rings is 1. The molecule has 3 atom stereocenters. The Kier molecular flexibility index (Phi) is 3.89. The Morgan fingerprint density at radius 1 is 1.29 bits per heavy atom. The van der Waals surface area contributed by atoms with E-state index in [4.69, 9.17) is 0 Å². The van der Waals surface area contributed by atoms with Crippen LogP contribution in [-0.4, -0.2) is 23.1 Å². The van der Waals surface area contributed by atoms with Gasteiger partial charge in [0.15, 0.2) is 0 Å². The van der Waals surface area contributed by atoms with Gasteiger partial charge in [0, 0.05) is 6.04 Å². The maximum atomic E-state index is 12.4. The number of carbonyl (C=O) groups excluding carboxylic acids is 1. The van der Waals surface area contributed by atoms with Crippen molar-refractivity contribution in [3.63, 3.8) is 0 Å². The summed E-state index contributed by atoms with van der Waals surface area (Å²) in [5.74, 6) is 0.788. The van der Waals surface area contributed by atoms with Crippen LogP contribution in [0.3, 0.4) is 0 Å². The molecule has 0 aromatic heterocycles. The van der Waals surface area contributed by atoms with Crippen molar-refractivity contribution in [2.75, 3.05) is 5.32 Å². The summed E-state index contributed by atoms with van der Waals surface area (Å²) in [7, 11) is 0. The van der Waals surface area contributed by atoms with Gasteiger partial charge in [0.2, 0.25) is 5.91 Å². The van der Waals surface area contributed by atoms with E-state index < -0.39 is 0 Å². The molecule has 4 nitrogen and oxygen atoms in total. The summed E-state index contributed by atoms with van der Waals surface area (Å²) in [6, 6.07) is 4.11. The number of phenols is 1. The molecule has 2 aliphatic rings. The van der Waals surface area contributed by atoms with Gasteiger partial charge in [-0.1, -0.05) is 18.9 Å². The number of aromatic hydroxyl groups is 1. The molecule has 3 rings (SSSR count). The van der Waals surface area contributed by atoms with E-state index in [0.29, 0.717) is 17.6 Å². The highest BCUT2D eigenvalue weighted by molar-refractivity contribution is 5.96. The van der Waals surface area contributed by atoms with Crippen molar-refractivity contribution in [2.24, 2.45) is 5.92 Å². The van der Waals surface area contributed by atoms with Gasteiger partial charge in [-0.3, -0.25) is 4.79 Å². The molecule has 4 heteroatoms. The van der Waals surface area contributed by atoms with E-state index in [2.05, 4.69) is 10.6 Å². The summed E-state index contributed by atoms with van der Waals surface area (Å²) in [5, 5.41) is 16.4. The largest absolute Gasteiger partial charge is 0.505 e. The number of carbonyl (C=O) groups is 1. The number of aryl methyl sites for hydroxylation is 2. The van der Waals surface area contributed by atoms with Crippen molar-refractivity contribution in [3.8, 4) is 5.75 Å². The molecule has 1 amide bonds. The molecule has 1 aliphatic heterocycles. The lowest BCUT2D eigenvalue weighted by Crippen LogP contribution is -2.39. The van der Waals surface area contributed by atoms with E-state index >= 15 is 0 Å². The Hall–Kier alpha value is -1.55. The van der Waals surface area contributed by atoms with Crippen LogP contribution in [0.1, 0.15) is 43.2 Å². The Morgan fingerprint density at radius 2 is 2.05 bits per heavy atom. The first-order chi connectivity index (χ1) is 10.0. The standard InChI is InChI=1S/C17H24N2O2/c1-10-7-11(2)16(20)14(8-10)19-17(21)15-9-12-5-3-4-6-13(12)18-15/h7-8,12-13,15,18,20H,3-6,9H2,1-2H3,(H,19,21). The first kappa shape index (κ1) is 14.4. The fourth-order valence-electron chi connectivity index (χ4n) is 3.80. The molecule has 1 saturated carbocycles. The molecular weight excluding hydrogens is 264 g/mol. The second-order valence-electron chi connectivity index (χ2n) is 6.57. The van der Waals surface area contributed by atoms with Gasteiger partial charge < -0.3 is 15.7 Å². The third-order valence-electron chi connectivity index (χ3n) is 4.88. The van der Waals surface area contributed by atoms with E-state index in [9.17, 15) is 9.90 Å². The SMILES string of the molecule is Cc1cc(C)c(O)c(NC(=O)C2CC3CCCCC3N2)c1. The maximum absolute atomic E-state index is 12.4. The predicted molar refractivity (Wildman–Crippen MR) is 83.5 cm³/mol. The lowest BCUT2D eigenvalue weighted by atomic mass is 9.85. The van der Waals surface area contributed by atoms with Crippen molar-refractivity contribution in [1.29, 1.82) is 0 Å². The van der Waals surface area contributed by atoms with Crippen molar-refractivity contribution in [1.82, 2.24) is 5.32 Å². The number of phenolic OH excluding ortho intramolecular Hbond substituents is 1. The molecular formula is C17H24N2O2. The summed E-state index contributed by atoms with van der Waals surface area (Å²) in [6.07, 6.45) is 5.89. The zero-order valence-electron chi connectivity index (χ0n) is 12.8. The summed E-state index contributed by atoms with van der Waals surface area (Å²) in [5.41, 5.74) is 2.35. The zero-order chi connectivity index (χ0) is 15.0. The number of hydrogen-bond donors (Lipinski definition) is 3. The van der Waals surface area contributed by atoms with E-state index in [-0.39, 0.29) is 17.7 Å². The Bertz CT molecular complexity index is 542. The van der Waals surface area contributed by atoms with Crippen LogP contribution in [0, 0.1) is 19.8 Å². The van der Waals surface area contributed by atoms with E-state index in [1.807, 2.05) is 26.0 Å². The number of rotatable bonds is 2. The molecule has 0 radical (unpaired) electrons. The number of nitrogens with one attached hydrogen (secondary N) is 2. The second-order valence-corrected chi connectivity index (χ2v) is 6.57. The average Bonchev–Trinajstić information content (AvgIpc) is 2.88. The average molecular weight is 288 g/mol. The molecule has 1 aliphatic carbocycles. The van der Waals surface area contributed by atoms with Crippen LogP contribution in [0.4, 0.5) is 5.69 Å². The van der Waals surface area contributed by atoms with Gasteiger partial charge in [-0.25, -0.2) is 0 Å². The van der Waals surface area contributed by atoms with Gasteiger partial charge in [0.1, 0.15) is 5.75 Å². The Balaban J connectivity index is 1.70. The molecule has 2 fully saturated rings. The van der Waals surface area contributed by atoms with Gasteiger partial charge in [-0.15, -0.1) is 0 Å². The predicted octanol–water partition coefficient (Wildman–Crippen LogP) is 2.87. The minimum Gasteiger partial charge on any atom is -0.505 e. The molecule has 3 unspecified atom stereocenters. The van der Waals surface area contributed by atoms with Gasteiger partial charge in [-0.2, -0.15) is 0 Å². The van der Waals surface area contributed by atoms with E-state index in [1.165, 1.54) is 25.7 Å². The number of fused-ring (bicyclic) bond motifs is 1. The van der Waals surface area contributed by atoms with Crippen LogP contribution in [0.25, 0.3) is 0 Å². The van der Waals surface area contributed by atoms with Gasteiger partial charge in [0.05, 0.1) is 11.7 Å². The van der Waals surface area contributed by atoms with Gasteiger partial charge in [-0.05, 0) is 56.2 Å². The highest BCUT2D eigenvalue weighted by Gasteiger charge is 2.38. The van der Waals surface area contributed by atoms with Crippen molar-refractivity contribution < 1.29 is 9.90 Å². The van der Waals surface area contributed by atoms with Crippen molar-refractivity contribution >= 4 is 11.6 Å². The number of hydrogen-bond acceptors (Lipinski definition) is 3. The smallest absolute Gasteiger partial charge is 0.241 e. The highest BCUT2D eigenvalue weighted by Crippen LogP contribution is 2.34. The fourth-order valence-corrected chi connectivity index (χ4v) is 3.80. The lowest BCUT2D eigenvalue weighted by molar-refractivity contribution is -0.117. The molecule has 1 aromatic carbocycles. The Morgan fingerprint density at radius 3 is 2.81 bits per heavy atom.